The Morgan fingerprint density at radius 3 is 2.12 bits per heavy atom. The minimum Gasteiger partial charge on any atom is -0.493 e. The first-order valence-corrected chi connectivity index (χ1v) is 6.71. The van der Waals surface area contributed by atoms with Gasteiger partial charge in [-0.15, -0.1) is 0 Å². The average Bonchev–Trinajstić information content (AvgIpc) is 2.55. The first-order valence-electron chi connectivity index (χ1n) is 6.71. The summed E-state index contributed by atoms with van der Waals surface area (Å²) in [5, 5.41) is 0. The van der Waals surface area contributed by atoms with E-state index in [1.54, 1.807) is 0 Å². The second-order valence-corrected chi connectivity index (χ2v) is 4.86. The second-order valence-electron chi connectivity index (χ2n) is 4.86. The Kier molecular flexibility index (Phi) is 4.82. The number of ether oxygens (including phenoxy) is 2. The Balaban J connectivity index is 2.41. The standard InChI is InChI=1S/C15H14F2N2O5/c1-18-12(20)9(13(21)19(2)15(18)22)6-8-4-5-10(24-14(16)17)11(7-8)23-3/h4-7,14H,1-3H3. The van der Waals surface area contributed by atoms with E-state index in [0.29, 0.717) is 5.56 Å². The van der Waals surface area contributed by atoms with E-state index in [1.807, 2.05) is 0 Å². The maximum atomic E-state index is 12.3. The smallest absolute Gasteiger partial charge is 0.387 e. The zero-order chi connectivity index (χ0) is 18.0. The van der Waals surface area contributed by atoms with Crippen LogP contribution in [0.1, 0.15) is 5.56 Å². The highest BCUT2D eigenvalue weighted by Crippen LogP contribution is 2.30. The van der Waals surface area contributed by atoms with Crippen LogP contribution in [0, 0.1) is 0 Å². The topological polar surface area (TPSA) is 76.2 Å². The van der Waals surface area contributed by atoms with Crippen LogP contribution in [0.25, 0.3) is 6.08 Å². The molecule has 0 aliphatic carbocycles. The molecule has 1 aliphatic rings. The van der Waals surface area contributed by atoms with Gasteiger partial charge in [-0.05, 0) is 23.8 Å². The number of halogens is 2. The van der Waals surface area contributed by atoms with Crippen LogP contribution in [0.4, 0.5) is 13.6 Å². The van der Waals surface area contributed by atoms with E-state index in [9.17, 15) is 23.2 Å². The lowest BCUT2D eigenvalue weighted by Crippen LogP contribution is -2.52. The number of hydrogen-bond acceptors (Lipinski definition) is 5. The number of benzene rings is 1. The quantitative estimate of drug-likeness (QED) is 0.616. The Bertz CT molecular complexity index is 707. The molecule has 128 valence electrons. The number of methoxy groups -OCH3 is 1. The van der Waals surface area contributed by atoms with Gasteiger partial charge in [-0.25, -0.2) is 4.79 Å². The van der Waals surface area contributed by atoms with Crippen molar-refractivity contribution in [1.82, 2.24) is 9.80 Å². The molecule has 24 heavy (non-hydrogen) atoms. The Morgan fingerprint density at radius 1 is 1.04 bits per heavy atom. The van der Waals surface area contributed by atoms with Gasteiger partial charge in [0.05, 0.1) is 7.11 Å². The highest BCUT2D eigenvalue weighted by molar-refractivity contribution is 6.30. The molecule has 9 heteroatoms. The van der Waals surface area contributed by atoms with Crippen LogP contribution in [-0.4, -0.2) is 55.5 Å². The van der Waals surface area contributed by atoms with Gasteiger partial charge in [-0.3, -0.25) is 19.4 Å². The molecule has 7 nitrogen and oxygen atoms in total. The third kappa shape index (κ3) is 3.19. The maximum absolute atomic E-state index is 12.3. The van der Waals surface area contributed by atoms with Crippen LogP contribution in [0.2, 0.25) is 0 Å². The maximum Gasteiger partial charge on any atom is 0.387 e. The van der Waals surface area contributed by atoms with Gasteiger partial charge in [-0.1, -0.05) is 6.07 Å². The third-order valence-electron chi connectivity index (χ3n) is 3.36. The molecular weight excluding hydrogens is 326 g/mol. The first-order chi connectivity index (χ1) is 11.3. The van der Waals surface area contributed by atoms with Crippen molar-refractivity contribution in [1.29, 1.82) is 0 Å². The fraction of sp³-hybridized carbons (Fsp3) is 0.267. The number of hydrogen-bond donors (Lipinski definition) is 0. The van der Waals surface area contributed by atoms with Gasteiger partial charge in [0.25, 0.3) is 11.8 Å². The number of alkyl halides is 2. The van der Waals surface area contributed by atoms with Crippen molar-refractivity contribution in [3.05, 3.63) is 29.3 Å². The minimum absolute atomic E-state index is 0.0122. The van der Waals surface area contributed by atoms with Crippen LogP contribution in [0.3, 0.4) is 0 Å². The normalized spacial score (nSPS) is 15.2. The molecule has 0 bridgehead atoms. The monoisotopic (exact) mass is 340 g/mol. The molecule has 1 aromatic rings. The number of barbiturate groups is 1. The molecule has 2 rings (SSSR count). The first kappa shape index (κ1) is 17.4. The zero-order valence-electron chi connectivity index (χ0n) is 13.1. The fourth-order valence-electron chi connectivity index (χ4n) is 2.11. The lowest BCUT2D eigenvalue weighted by molar-refractivity contribution is -0.134. The highest BCUT2D eigenvalue weighted by Gasteiger charge is 2.37. The van der Waals surface area contributed by atoms with Gasteiger partial charge in [0.15, 0.2) is 11.5 Å². The number of rotatable bonds is 4. The summed E-state index contributed by atoms with van der Waals surface area (Å²) in [5.74, 6) is -1.68. The molecule has 1 aromatic carbocycles. The molecule has 0 spiro atoms. The Hall–Kier alpha value is -2.97. The number of likely N-dealkylation sites (N-methyl/N-ethyl adjacent to an activating group) is 2. The molecule has 1 aliphatic heterocycles. The predicted molar refractivity (Wildman–Crippen MR) is 78.5 cm³/mol. The molecule has 1 saturated heterocycles. The molecule has 0 atom stereocenters. The van der Waals surface area contributed by atoms with Crippen LogP contribution < -0.4 is 9.47 Å². The Labute approximate surface area is 136 Å². The summed E-state index contributed by atoms with van der Waals surface area (Å²) in [6.07, 6.45) is 1.25. The van der Waals surface area contributed by atoms with Crippen molar-refractivity contribution < 1.29 is 32.6 Å². The van der Waals surface area contributed by atoms with Gasteiger partial charge < -0.3 is 9.47 Å². The SMILES string of the molecule is COc1cc(C=C2C(=O)N(C)C(=O)N(C)C2=O)ccc1OC(F)F. The van der Waals surface area contributed by atoms with Crippen LogP contribution in [-0.2, 0) is 9.59 Å². The lowest BCUT2D eigenvalue weighted by Gasteiger charge is -2.28. The Morgan fingerprint density at radius 2 is 1.62 bits per heavy atom. The molecule has 0 aromatic heterocycles. The van der Waals surface area contributed by atoms with E-state index in [4.69, 9.17) is 4.74 Å². The summed E-state index contributed by atoms with van der Waals surface area (Å²) < 4.78 is 33.9. The molecule has 0 N–H and O–H groups in total. The third-order valence-corrected chi connectivity index (χ3v) is 3.36. The van der Waals surface area contributed by atoms with E-state index >= 15 is 0 Å². The van der Waals surface area contributed by atoms with Gasteiger partial charge in [0, 0.05) is 14.1 Å². The van der Waals surface area contributed by atoms with Crippen molar-refractivity contribution in [3.8, 4) is 11.5 Å². The number of carbonyl (C=O) groups excluding carboxylic acids is 3. The van der Waals surface area contributed by atoms with Gasteiger partial charge in [0.2, 0.25) is 0 Å². The number of carbonyl (C=O) groups is 3. The summed E-state index contributed by atoms with van der Waals surface area (Å²) in [7, 11) is 3.77. The van der Waals surface area contributed by atoms with Crippen LogP contribution in [0.5, 0.6) is 11.5 Å². The molecule has 1 heterocycles. The molecule has 0 radical (unpaired) electrons. The summed E-state index contributed by atoms with van der Waals surface area (Å²) in [5.41, 5.74) is 0.116. The summed E-state index contributed by atoms with van der Waals surface area (Å²) in [6.45, 7) is -3.02. The molecule has 0 saturated carbocycles. The molecule has 1 fully saturated rings. The largest absolute Gasteiger partial charge is 0.493 e. The highest BCUT2D eigenvalue weighted by atomic mass is 19.3. The second kappa shape index (κ2) is 6.65. The molecular formula is C15H14F2N2O5. The number of urea groups is 1. The van der Waals surface area contributed by atoms with Gasteiger partial charge in [0.1, 0.15) is 5.57 Å². The van der Waals surface area contributed by atoms with Crippen molar-refractivity contribution in [2.24, 2.45) is 0 Å². The van der Waals surface area contributed by atoms with E-state index in [2.05, 4.69) is 4.74 Å². The van der Waals surface area contributed by atoms with E-state index in [1.165, 1.54) is 45.5 Å². The van der Waals surface area contributed by atoms with Crippen LogP contribution in [0.15, 0.2) is 23.8 Å². The van der Waals surface area contributed by atoms with Gasteiger partial charge in [-0.2, -0.15) is 8.78 Å². The van der Waals surface area contributed by atoms with Gasteiger partial charge >= 0.3 is 12.6 Å². The zero-order valence-corrected chi connectivity index (χ0v) is 13.1. The van der Waals surface area contributed by atoms with Crippen molar-refractivity contribution >= 4 is 23.9 Å². The summed E-state index contributed by atoms with van der Waals surface area (Å²) >= 11 is 0. The number of nitrogens with zero attached hydrogens (tertiary/aromatic N) is 2. The summed E-state index contributed by atoms with van der Waals surface area (Å²) in [6, 6.07) is 3.21. The predicted octanol–water partition coefficient (Wildman–Crippen LogP) is 1.73. The van der Waals surface area contributed by atoms with Crippen molar-refractivity contribution in [3.63, 3.8) is 0 Å². The van der Waals surface area contributed by atoms with Crippen molar-refractivity contribution in [2.75, 3.05) is 21.2 Å². The molecule has 0 unspecified atom stereocenters. The minimum atomic E-state index is -3.02. The van der Waals surface area contributed by atoms with E-state index < -0.39 is 24.5 Å². The lowest BCUT2D eigenvalue weighted by atomic mass is 10.1. The summed E-state index contributed by atoms with van der Waals surface area (Å²) in [4.78, 5) is 37.5. The van der Waals surface area contributed by atoms with E-state index in [-0.39, 0.29) is 17.1 Å². The van der Waals surface area contributed by atoms with E-state index in [0.717, 1.165) is 9.80 Å². The van der Waals surface area contributed by atoms with Crippen molar-refractivity contribution in [2.45, 2.75) is 6.61 Å². The van der Waals surface area contributed by atoms with Crippen LogP contribution >= 0.6 is 0 Å². The number of amides is 4. The fourth-order valence-corrected chi connectivity index (χ4v) is 2.11. The number of imide groups is 2. The average molecular weight is 340 g/mol. The molecule has 4 amide bonds.